The molecule has 2 heterocycles. The van der Waals surface area contributed by atoms with E-state index in [2.05, 4.69) is 39.7 Å². The molecule has 0 saturated carbocycles. The molecule has 2 aromatic carbocycles. The number of thiazole rings is 1. The lowest BCUT2D eigenvalue weighted by molar-refractivity contribution is -0.139. The number of fused-ring (bicyclic) bond motifs is 1. The predicted molar refractivity (Wildman–Crippen MR) is 146 cm³/mol. The van der Waals surface area contributed by atoms with Gasteiger partial charge in [-0.2, -0.15) is 0 Å². The molecule has 0 amide bonds. The highest BCUT2D eigenvalue weighted by molar-refractivity contribution is 9.10. The lowest BCUT2D eigenvalue weighted by atomic mass is 9.96. The number of carbonyl (C=O) groups is 1. The van der Waals surface area contributed by atoms with E-state index < -0.39 is 12.0 Å². The van der Waals surface area contributed by atoms with Crippen LogP contribution in [-0.4, -0.2) is 35.3 Å². The molecule has 4 rings (SSSR count). The van der Waals surface area contributed by atoms with E-state index in [9.17, 15) is 14.7 Å². The Morgan fingerprint density at radius 3 is 2.50 bits per heavy atom. The van der Waals surface area contributed by atoms with Crippen molar-refractivity contribution in [2.75, 3.05) is 24.6 Å². The SMILES string of the molecule is CCOC(=O)C1=C(C)N=c2s/c(=C/c3ccc(N(CC)CC)cc3O)c(=O)n2C1c1ccc(Br)cc1. The molecule has 1 N–H and O–H groups in total. The number of phenolic OH excluding ortho intramolecular Hbond substituents is 1. The minimum atomic E-state index is -0.672. The topological polar surface area (TPSA) is 84.1 Å². The molecule has 1 aromatic heterocycles. The average molecular weight is 571 g/mol. The van der Waals surface area contributed by atoms with Gasteiger partial charge < -0.3 is 14.7 Å². The zero-order valence-electron chi connectivity index (χ0n) is 20.6. The summed E-state index contributed by atoms with van der Waals surface area (Å²) in [7, 11) is 0. The molecule has 1 atom stereocenters. The number of aromatic hydroxyl groups is 1. The Balaban J connectivity index is 1.88. The van der Waals surface area contributed by atoms with E-state index in [0.29, 0.717) is 26.2 Å². The minimum Gasteiger partial charge on any atom is -0.507 e. The molecule has 9 heteroatoms. The van der Waals surface area contributed by atoms with Crippen molar-refractivity contribution in [1.29, 1.82) is 0 Å². The summed E-state index contributed by atoms with van der Waals surface area (Å²) < 4.78 is 8.17. The van der Waals surface area contributed by atoms with Crippen molar-refractivity contribution < 1.29 is 14.6 Å². The van der Waals surface area contributed by atoms with Gasteiger partial charge in [-0.25, -0.2) is 9.79 Å². The molecular weight excluding hydrogens is 542 g/mol. The highest BCUT2D eigenvalue weighted by Crippen LogP contribution is 2.31. The second kappa shape index (κ2) is 10.8. The number of hydrogen-bond donors (Lipinski definition) is 1. The van der Waals surface area contributed by atoms with Crippen LogP contribution in [0, 0.1) is 0 Å². The van der Waals surface area contributed by atoms with Gasteiger partial charge in [-0.05, 0) is 63.6 Å². The first kappa shape index (κ1) is 25.9. The Bertz CT molecular complexity index is 1500. The number of benzene rings is 2. The van der Waals surface area contributed by atoms with Crippen LogP contribution in [0.2, 0.25) is 0 Å². The molecule has 0 fully saturated rings. The van der Waals surface area contributed by atoms with Crippen LogP contribution in [0.3, 0.4) is 0 Å². The number of allylic oxidation sites excluding steroid dienone is 1. The van der Waals surface area contributed by atoms with E-state index in [1.165, 1.54) is 11.3 Å². The maximum atomic E-state index is 13.7. The number of anilines is 1. The standard InChI is InChI=1S/C27H28BrN3O4S/c1-5-30(6-2)20-13-10-18(21(32)15-20)14-22-25(33)31-24(17-8-11-19(28)12-9-17)23(26(34)35-7-3)16(4)29-27(31)36-22/h8-15,24,32H,5-7H2,1-4H3/b22-14+. The van der Waals surface area contributed by atoms with Crippen LogP contribution in [0.5, 0.6) is 5.75 Å². The fraction of sp³-hybridized carbons (Fsp3) is 0.296. The number of carbonyl (C=O) groups excluding carboxylic acids is 1. The number of esters is 1. The van der Waals surface area contributed by atoms with Gasteiger partial charge in [0.15, 0.2) is 4.80 Å². The molecular formula is C27H28BrN3O4S. The molecule has 1 aliphatic heterocycles. The molecule has 0 aliphatic carbocycles. The van der Waals surface area contributed by atoms with Crippen LogP contribution in [-0.2, 0) is 9.53 Å². The molecule has 36 heavy (non-hydrogen) atoms. The highest BCUT2D eigenvalue weighted by Gasteiger charge is 2.33. The predicted octanol–water partition coefficient (Wildman–Crippen LogP) is 4.11. The van der Waals surface area contributed by atoms with Gasteiger partial charge in [0.1, 0.15) is 5.75 Å². The summed E-state index contributed by atoms with van der Waals surface area (Å²) in [5.74, 6) is -0.399. The Kier molecular flexibility index (Phi) is 7.80. The third kappa shape index (κ3) is 4.90. The van der Waals surface area contributed by atoms with E-state index in [4.69, 9.17) is 4.74 Å². The second-order valence-corrected chi connectivity index (χ2v) is 10.2. The number of nitrogens with zero attached hydrogens (tertiary/aromatic N) is 3. The van der Waals surface area contributed by atoms with Crippen LogP contribution in [0.1, 0.15) is 44.9 Å². The van der Waals surface area contributed by atoms with E-state index in [1.807, 2.05) is 36.4 Å². The molecule has 188 valence electrons. The number of ether oxygens (including phenoxy) is 1. The fourth-order valence-electron chi connectivity index (χ4n) is 4.33. The first-order valence-electron chi connectivity index (χ1n) is 11.8. The summed E-state index contributed by atoms with van der Waals surface area (Å²) in [6.45, 7) is 9.49. The molecule has 1 unspecified atom stereocenters. The molecule has 0 radical (unpaired) electrons. The first-order valence-corrected chi connectivity index (χ1v) is 13.4. The minimum absolute atomic E-state index is 0.0955. The highest BCUT2D eigenvalue weighted by atomic mass is 79.9. The van der Waals surface area contributed by atoms with E-state index in [0.717, 1.165) is 28.8 Å². The first-order chi connectivity index (χ1) is 17.3. The van der Waals surface area contributed by atoms with Gasteiger partial charge in [0, 0.05) is 34.9 Å². The molecule has 0 saturated heterocycles. The van der Waals surface area contributed by atoms with E-state index in [1.54, 1.807) is 30.6 Å². The third-order valence-corrected chi connectivity index (χ3v) is 7.64. The Labute approximate surface area is 221 Å². The normalized spacial score (nSPS) is 15.5. The number of halogens is 1. The van der Waals surface area contributed by atoms with Crippen molar-refractivity contribution in [1.82, 2.24) is 4.57 Å². The van der Waals surface area contributed by atoms with E-state index >= 15 is 0 Å². The average Bonchev–Trinajstić information content (AvgIpc) is 3.15. The smallest absolute Gasteiger partial charge is 0.338 e. The van der Waals surface area contributed by atoms with Gasteiger partial charge in [-0.1, -0.05) is 39.4 Å². The second-order valence-electron chi connectivity index (χ2n) is 8.27. The maximum Gasteiger partial charge on any atom is 0.338 e. The number of hydrogen-bond acceptors (Lipinski definition) is 7. The summed E-state index contributed by atoms with van der Waals surface area (Å²) in [5, 5.41) is 10.7. The van der Waals surface area contributed by atoms with Crippen molar-refractivity contribution in [3.8, 4) is 5.75 Å². The number of phenols is 1. The third-order valence-electron chi connectivity index (χ3n) is 6.13. The van der Waals surface area contributed by atoms with Crippen molar-refractivity contribution in [2.45, 2.75) is 33.7 Å². The zero-order valence-corrected chi connectivity index (χ0v) is 23.0. The molecule has 3 aromatic rings. The van der Waals surface area contributed by atoms with Crippen molar-refractivity contribution in [3.63, 3.8) is 0 Å². The Hall–Kier alpha value is -3.17. The van der Waals surface area contributed by atoms with Gasteiger partial charge in [0.25, 0.3) is 5.56 Å². The summed E-state index contributed by atoms with van der Waals surface area (Å²) in [5.41, 5.74) is 2.80. The Morgan fingerprint density at radius 1 is 1.19 bits per heavy atom. The fourth-order valence-corrected chi connectivity index (χ4v) is 5.63. The van der Waals surface area contributed by atoms with Gasteiger partial charge in [-0.15, -0.1) is 0 Å². The van der Waals surface area contributed by atoms with Gasteiger partial charge >= 0.3 is 5.97 Å². The van der Waals surface area contributed by atoms with E-state index in [-0.39, 0.29) is 17.9 Å². The molecule has 0 bridgehead atoms. The molecule has 1 aliphatic rings. The molecule has 7 nitrogen and oxygen atoms in total. The Morgan fingerprint density at radius 2 is 1.89 bits per heavy atom. The van der Waals surface area contributed by atoms with Crippen molar-refractivity contribution in [2.24, 2.45) is 4.99 Å². The number of aromatic nitrogens is 1. The lowest BCUT2D eigenvalue weighted by Gasteiger charge is -2.24. The van der Waals surface area contributed by atoms with Crippen LogP contribution in [0.15, 0.2) is 68.0 Å². The summed E-state index contributed by atoms with van der Waals surface area (Å²) >= 11 is 4.68. The summed E-state index contributed by atoms with van der Waals surface area (Å²) in [6, 6.07) is 12.3. The van der Waals surface area contributed by atoms with Gasteiger partial charge in [-0.3, -0.25) is 9.36 Å². The monoisotopic (exact) mass is 569 g/mol. The van der Waals surface area contributed by atoms with Crippen molar-refractivity contribution in [3.05, 3.63) is 89.0 Å². The van der Waals surface area contributed by atoms with Crippen molar-refractivity contribution >= 4 is 45.0 Å². The largest absolute Gasteiger partial charge is 0.507 e. The zero-order chi connectivity index (χ0) is 26.0. The van der Waals surface area contributed by atoms with Gasteiger partial charge in [0.05, 0.1) is 28.5 Å². The van der Waals surface area contributed by atoms with Crippen LogP contribution in [0.4, 0.5) is 5.69 Å². The summed E-state index contributed by atoms with van der Waals surface area (Å²) in [6.07, 6.45) is 1.67. The van der Waals surface area contributed by atoms with Crippen LogP contribution < -0.4 is 19.8 Å². The van der Waals surface area contributed by atoms with Gasteiger partial charge in [0.2, 0.25) is 0 Å². The van der Waals surface area contributed by atoms with Crippen LogP contribution >= 0.6 is 27.3 Å². The maximum absolute atomic E-state index is 13.7. The van der Waals surface area contributed by atoms with Crippen LogP contribution in [0.25, 0.3) is 6.08 Å². The lowest BCUT2D eigenvalue weighted by Crippen LogP contribution is -2.39. The number of rotatable bonds is 7. The molecule has 0 spiro atoms. The summed E-state index contributed by atoms with van der Waals surface area (Å²) in [4.78, 5) is 33.9. The quantitative estimate of drug-likeness (QED) is 0.433.